The van der Waals surface area contributed by atoms with Gasteiger partial charge < -0.3 is 5.32 Å². The van der Waals surface area contributed by atoms with Gasteiger partial charge in [0.05, 0.1) is 6.54 Å². The Morgan fingerprint density at radius 1 is 1.64 bits per heavy atom. The lowest BCUT2D eigenvalue weighted by Crippen LogP contribution is -2.30. The normalized spacial score (nSPS) is 12.8. The highest BCUT2D eigenvalue weighted by molar-refractivity contribution is 9.10. The number of rotatable bonds is 5. The molecule has 1 aromatic heterocycles. The van der Waals surface area contributed by atoms with Gasteiger partial charge >= 0.3 is 0 Å². The molecule has 0 aliphatic rings. The van der Waals surface area contributed by atoms with Crippen molar-refractivity contribution in [1.29, 1.82) is 0 Å². The SMILES string of the molecule is CCC(C)NCC(=O)c1cscc1Br. The minimum absolute atomic E-state index is 0.151. The summed E-state index contributed by atoms with van der Waals surface area (Å²) >= 11 is 4.89. The molecule has 1 N–H and O–H groups in total. The molecule has 0 aromatic carbocycles. The Kier molecular flexibility index (Phi) is 4.78. The summed E-state index contributed by atoms with van der Waals surface area (Å²) in [6.07, 6.45) is 1.04. The van der Waals surface area contributed by atoms with Gasteiger partial charge in [0.15, 0.2) is 5.78 Å². The van der Waals surface area contributed by atoms with Gasteiger partial charge in [-0.15, -0.1) is 0 Å². The molecule has 0 aliphatic carbocycles. The lowest BCUT2D eigenvalue weighted by atomic mass is 10.2. The monoisotopic (exact) mass is 275 g/mol. The van der Waals surface area contributed by atoms with Gasteiger partial charge in [-0.3, -0.25) is 4.79 Å². The Hall–Kier alpha value is -0.190. The molecule has 1 aromatic rings. The molecule has 78 valence electrons. The second kappa shape index (κ2) is 5.63. The quantitative estimate of drug-likeness (QED) is 0.837. The number of ketones is 1. The van der Waals surface area contributed by atoms with Gasteiger partial charge in [0.1, 0.15) is 0 Å². The van der Waals surface area contributed by atoms with Gasteiger partial charge in [0.2, 0.25) is 0 Å². The van der Waals surface area contributed by atoms with Crippen molar-refractivity contribution in [3.05, 3.63) is 20.8 Å². The first-order valence-electron chi connectivity index (χ1n) is 4.63. The molecule has 0 fully saturated rings. The first-order valence-corrected chi connectivity index (χ1v) is 6.37. The fraction of sp³-hybridized carbons (Fsp3) is 0.500. The number of thiophene rings is 1. The molecule has 1 heterocycles. The van der Waals surface area contributed by atoms with Crippen LogP contribution in [0.2, 0.25) is 0 Å². The smallest absolute Gasteiger partial charge is 0.178 e. The van der Waals surface area contributed by atoms with Gasteiger partial charge in [-0.1, -0.05) is 6.92 Å². The molecule has 1 rings (SSSR count). The summed E-state index contributed by atoms with van der Waals surface area (Å²) < 4.78 is 0.901. The number of carbonyl (C=O) groups excluding carboxylic acids is 1. The maximum absolute atomic E-state index is 11.7. The Bertz CT molecular complexity index is 311. The van der Waals surface area contributed by atoms with Crippen molar-refractivity contribution < 1.29 is 4.79 Å². The lowest BCUT2D eigenvalue weighted by molar-refractivity contribution is 0.0987. The molecule has 1 unspecified atom stereocenters. The minimum Gasteiger partial charge on any atom is -0.307 e. The second-order valence-corrected chi connectivity index (χ2v) is 4.84. The van der Waals surface area contributed by atoms with E-state index in [2.05, 4.69) is 35.1 Å². The number of Topliss-reactive ketones (excluding diaryl/α,β-unsaturated/α-hetero) is 1. The molecule has 0 spiro atoms. The zero-order valence-electron chi connectivity index (χ0n) is 8.34. The number of hydrogen-bond donors (Lipinski definition) is 1. The molecular weight excluding hydrogens is 262 g/mol. The topological polar surface area (TPSA) is 29.1 Å². The van der Waals surface area contributed by atoms with E-state index in [-0.39, 0.29) is 5.78 Å². The van der Waals surface area contributed by atoms with Crippen LogP contribution in [0.3, 0.4) is 0 Å². The maximum atomic E-state index is 11.7. The third-order valence-corrected chi connectivity index (χ3v) is 3.84. The van der Waals surface area contributed by atoms with E-state index >= 15 is 0 Å². The predicted octanol–water partition coefficient (Wildman–Crippen LogP) is 3.08. The number of nitrogens with one attached hydrogen (secondary N) is 1. The highest BCUT2D eigenvalue weighted by Crippen LogP contribution is 2.21. The molecule has 14 heavy (non-hydrogen) atoms. The second-order valence-electron chi connectivity index (χ2n) is 3.25. The zero-order chi connectivity index (χ0) is 10.6. The molecule has 0 saturated heterocycles. The highest BCUT2D eigenvalue weighted by atomic mass is 79.9. The van der Waals surface area contributed by atoms with Gasteiger partial charge in [-0.2, -0.15) is 11.3 Å². The first-order chi connectivity index (χ1) is 6.65. The molecule has 0 saturated carbocycles. The maximum Gasteiger partial charge on any atom is 0.178 e. The van der Waals surface area contributed by atoms with Crippen LogP contribution in [0.5, 0.6) is 0 Å². The fourth-order valence-electron chi connectivity index (χ4n) is 0.987. The first kappa shape index (κ1) is 11.9. The van der Waals surface area contributed by atoms with Crippen LogP contribution >= 0.6 is 27.3 Å². The van der Waals surface area contributed by atoms with Crippen molar-refractivity contribution in [3.8, 4) is 0 Å². The zero-order valence-corrected chi connectivity index (χ0v) is 10.7. The van der Waals surface area contributed by atoms with E-state index < -0.39 is 0 Å². The molecule has 0 radical (unpaired) electrons. The third kappa shape index (κ3) is 3.19. The van der Waals surface area contributed by atoms with Crippen LogP contribution in [0.15, 0.2) is 15.2 Å². The summed E-state index contributed by atoms with van der Waals surface area (Å²) in [6, 6.07) is 0.399. The molecule has 1 atom stereocenters. The van der Waals surface area contributed by atoms with Crippen molar-refractivity contribution >= 4 is 33.0 Å². The average molecular weight is 276 g/mol. The molecule has 0 bridgehead atoms. The third-order valence-electron chi connectivity index (χ3n) is 2.14. The van der Waals surface area contributed by atoms with Crippen LogP contribution in [0.4, 0.5) is 0 Å². The van der Waals surface area contributed by atoms with Crippen LogP contribution in [0.1, 0.15) is 30.6 Å². The summed E-state index contributed by atoms with van der Waals surface area (Å²) in [6.45, 7) is 4.60. The van der Waals surface area contributed by atoms with Crippen LogP contribution in [0.25, 0.3) is 0 Å². The molecule has 0 amide bonds. The van der Waals surface area contributed by atoms with Crippen LogP contribution in [0, 0.1) is 0 Å². The molecule has 0 aliphatic heterocycles. The van der Waals surface area contributed by atoms with Crippen LogP contribution in [-0.2, 0) is 0 Å². The largest absolute Gasteiger partial charge is 0.307 e. The summed E-state index contributed by atoms with van der Waals surface area (Å²) in [5, 5.41) is 6.99. The van der Waals surface area contributed by atoms with Crippen molar-refractivity contribution in [3.63, 3.8) is 0 Å². The summed E-state index contributed by atoms with van der Waals surface area (Å²) in [5.74, 6) is 0.151. The number of carbonyl (C=O) groups is 1. The van der Waals surface area contributed by atoms with Crippen LogP contribution < -0.4 is 5.32 Å². The Morgan fingerprint density at radius 3 is 2.86 bits per heavy atom. The summed E-state index contributed by atoms with van der Waals surface area (Å²) in [4.78, 5) is 11.7. The molecule has 4 heteroatoms. The molecule has 2 nitrogen and oxygen atoms in total. The van der Waals surface area contributed by atoms with Crippen molar-refractivity contribution in [2.24, 2.45) is 0 Å². The number of halogens is 1. The Labute approximate surface area is 96.8 Å². The van der Waals surface area contributed by atoms with E-state index in [1.807, 2.05) is 10.8 Å². The van der Waals surface area contributed by atoms with Crippen LogP contribution in [-0.4, -0.2) is 18.4 Å². The van der Waals surface area contributed by atoms with Crippen molar-refractivity contribution in [1.82, 2.24) is 5.32 Å². The van der Waals surface area contributed by atoms with Gasteiger partial charge in [0, 0.05) is 26.8 Å². The van der Waals surface area contributed by atoms with Gasteiger partial charge in [0.25, 0.3) is 0 Å². The minimum atomic E-state index is 0.151. The van der Waals surface area contributed by atoms with E-state index in [1.54, 1.807) is 0 Å². The predicted molar refractivity (Wildman–Crippen MR) is 64.1 cm³/mol. The number of hydrogen-bond acceptors (Lipinski definition) is 3. The van der Waals surface area contributed by atoms with E-state index in [4.69, 9.17) is 0 Å². The highest BCUT2D eigenvalue weighted by Gasteiger charge is 2.11. The van der Waals surface area contributed by atoms with Crippen molar-refractivity contribution in [2.45, 2.75) is 26.3 Å². The van der Waals surface area contributed by atoms with E-state index in [0.29, 0.717) is 12.6 Å². The lowest BCUT2D eigenvalue weighted by Gasteiger charge is -2.09. The summed E-state index contributed by atoms with van der Waals surface area (Å²) in [5.41, 5.74) is 0.783. The van der Waals surface area contributed by atoms with Gasteiger partial charge in [-0.25, -0.2) is 0 Å². The Morgan fingerprint density at radius 2 is 2.36 bits per heavy atom. The van der Waals surface area contributed by atoms with Crippen molar-refractivity contribution in [2.75, 3.05) is 6.54 Å². The van der Waals surface area contributed by atoms with Gasteiger partial charge in [-0.05, 0) is 29.3 Å². The summed E-state index contributed by atoms with van der Waals surface area (Å²) in [7, 11) is 0. The fourth-order valence-corrected chi connectivity index (χ4v) is 2.51. The molecular formula is C10H14BrNOS. The van der Waals surface area contributed by atoms with E-state index in [9.17, 15) is 4.79 Å². The Balaban J connectivity index is 2.47. The van der Waals surface area contributed by atoms with E-state index in [0.717, 1.165) is 16.5 Å². The van der Waals surface area contributed by atoms with E-state index in [1.165, 1.54) is 11.3 Å². The standard InChI is InChI=1S/C10H14BrNOS/c1-3-7(2)12-4-10(13)8-5-14-6-9(8)11/h5-7,12H,3-4H2,1-2H3. The average Bonchev–Trinajstić information content (AvgIpc) is 2.60.